The second-order valence-electron chi connectivity index (χ2n) is 7.15. The summed E-state index contributed by atoms with van der Waals surface area (Å²) < 4.78 is 0. The Morgan fingerprint density at radius 3 is 2.58 bits per heavy atom. The van der Waals surface area contributed by atoms with Crippen LogP contribution in [0.5, 0.6) is 0 Å². The van der Waals surface area contributed by atoms with Crippen LogP contribution in [0.4, 0.5) is 0 Å². The fraction of sp³-hybridized carbons (Fsp3) is 0.867. The first-order valence-electron chi connectivity index (χ1n) is 7.38. The number of hydrogen-bond acceptors (Lipinski definition) is 2. The fourth-order valence-corrected chi connectivity index (χ4v) is 3.28. The Hall–Kier alpha value is -1.06. The number of carbonyl (C=O) groups is 2. The van der Waals surface area contributed by atoms with Crippen LogP contribution in [-0.2, 0) is 9.59 Å². The molecule has 2 aliphatic rings. The van der Waals surface area contributed by atoms with E-state index in [0.29, 0.717) is 24.4 Å². The minimum absolute atomic E-state index is 0.0687. The van der Waals surface area contributed by atoms with E-state index >= 15 is 0 Å². The van der Waals surface area contributed by atoms with E-state index in [-0.39, 0.29) is 23.8 Å². The number of nitrogens with zero attached hydrogens (tertiary/aromatic N) is 1. The molecule has 1 saturated heterocycles. The lowest BCUT2D eigenvalue weighted by molar-refractivity contribution is -0.130. The topological polar surface area (TPSA) is 49.4 Å². The van der Waals surface area contributed by atoms with Crippen molar-refractivity contribution in [3.8, 4) is 0 Å². The molecule has 1 aliphatic heterocycles. The molecule has 19 heavy (non-hydrogen) atoms. The zero-order valence-electron chi connectivity index (χ0n) is 12.5. The Balaban J connectivity index is 1.87. The Bertz CT molecular complexity index is 376. The van der Waals surface area contributed by atoms with Crippen molar-refractivity contribution in [1.82, 2.24) is 10.2 Å². The lowest BCUT2D eigenvalue weighted by Gasteiger charge is -2.22. The summed E-state index contributed by atoms with van der Waals surface area (Å²) in [5, 5.41) is 3.14. The lowest BCUT2D eigenvalue weighted by Crippen LogP contribution is -2.39. The van der Waals surface area contributed by atoms with Crippen LogP contribution in [-0.4, -0.2) is 35.3 Å². The number of carbonyl (C=O) groups excluding carboxylic acids is 2. The van der Waals surface area contributed by atoms with Crippen LogP contribution >= 0.6 is 0 Å². The smallest absolute Gasteiger partial charge is 0.225 e. The third-order valence-electron chi connectivity index (χ3n) is 4.47. The molecule has 108 valence electrons. The minimum Gasteiger partial charge on any atom is -0.353 e. The molecule has 0 radical (unpaired) electrons. The summed E-state index contributed by atoms with van der Waals surface area (Å²) in [6.07, 6.45) is 3.65. The Morgan fingerprint density at radius 2 is 2.11 bits per heavy atom. The third kappa shape index (κ3) is 3.28. The fourth-order valence-electron chi connectivity index (χ4n) is 3.28. The summed E-state index contributed by atoms with van der Waals surface area (Å²) in [6.45, 7) is 9.07. The molecule has 2 unspecified atom stereocenters. The molecule has 4 nitrogen and oxygen atoms in total. The molecule has 0 aromatic heterocycles. The van der Waals surface area contributed by atoms with E-state index in [9.17, 15) is 9.59 Å². The number of likely N-dealkylation sites (tertiary alicyclic amines) is 1. The van der Waals surface area contributed by atoms with Crippen LogP contribution in [0.1, 0.15) is 53.4 Å². The van der Waals surface area contributed by atoms with Crippen LogP contribution in [0.2, 0.25) is 0 Å². The molecular weight excluding hydrogens is 240 g/mol. The Morgan fingerprint density at radius 1 is 1.42 bits per heavy atom. The first-order valence-corrected chi connectivity index (χ1v) is 7.38. The van der Waals surface area contributed by atoms with Gasteiger partial charge in [-0.2, -0.15) is 0 Å². The van der Waals surface area contributed by atoms with Crippen molar-refractivity contribution in [2.24, 2.45) is 11.3 Å². The molecule has 1 heterocycles. The largest absolute Gasteiger partial charge is 0.353 e. The quantitative estimate of drug-likeness (QED) is 0.848. The Labute approximate surface area is 115 Å². The highest BCUT2D eigenvalue weighted by Gasteiger charge is 2.38. The second kappa shape index (κ2) is 5.14. The van der Waals surface area contributed by atoms with Crippen LogP contribution < -0.4 is 5.32 Å². The number of hydrogen-bond donors (Lipinski definition) is 1. The first-order chi connectivity index (χ1) is 8.78. The van der Waals surface area contributed by atoms with Gasteiger partial charge in [0.25, 0.3) is 0 Å². The number of nitrogens with one attached hydrogen (secondary N) is 1. The second-order valence-corrected chi connectivity index (χ2v) is 7.15. The van der Waals surface area contributed by atoms with E-state index in [0.717, 1.165) is 12.8 Å². The van der Waals surface area contributed by atoms with E-state index < -0.39 is 0 Å². The zero-order valence-corrected chi connectivity index (χ0v) is 12.5. The van der Waals surface area contributed by atoms with Crippen molar-refractivity contribution in [3.05, 3.63) is 0 Å². The first kappa shape index (κ1) is 14.4. The zero-order chi connectivity index (χ0) is 14.2. The van der Waals surface area contributed by atoms with Gasteiger partial charge < -0.3 is 10.2 Å². The summed E-state index contributed by atoms with van der Waals surface area (Å²) in [7, 11) is 0. The van der Waals surface area contributed by atoms with Gasteiger partial charge in [0.15, 0.2) is 0 Å². The van der Waals surface area contributed by atoms with E-state index in [1.165, 1.54) is 6.42 Å². The SMILES string of the molecule is CC(C)N1CC(C(=O)NC2CCC(C)(C)C2)CC1=O. The van der Waals surface area contributed by atoms with Gasteiger partial charge in [-0.1, -0.05) is 13.8 Å². The van der Waals surface area contributed by atoms with E-state index in [1.807, 2.05) is 18.7 Å². The average Bonchev–Trinajstić information content (AvgIpc) is 2.82. The van der Waals surface area contributed by atoms with Crippen molar-refractivity contribution >= 4 is 11.8 Å². The van der Waals surface area contributed by atoms with Gasteiger partial charge in [0.2, 0.25) is 11.8 Å². The van der Waals surface area contributed by atoms with Gasteiger partial charge in [0.05, 0.1) is 5.92 Å². The van der Waals surface area contributed by atoms with Crippen molar-refractivity contribution in [2.75, 3.05) is 6.54 Å². The molecule has 2 atom stereocenters. The van der Waals surface area contributed by atoms with Gasteiger partial charge >= 0.3 is 0 Å². The van der Waals surface area contributed by atoms with Crippen LogP contribution in [0.3, 0.4) is 0 Å². The maximum absolute atomic E-state index is 12.2. The van der Waals surface area contributed by atoms with Crippen LogP contribution in [0.25, 0.3) is 0 Å². The predicted octanol–water partition coefficient (Wildman–Crippen LogP) is 1.94. The molecule has 0 spiro atoms. The lowest BCUT2D eigenvalue weighted by atomic mass is 9.92. The summed E-state index contributed by atoms with van der Waals surface area (Å²) in [4.78, 5) is 25.9. The van der Waals surface area contributed by atoms with Crippen molar-refractivity contribution in [1.29, 1.82) is 0 Å². The van der Waals surface area contributed by atoms with Crippen LogP contribution in [0.15, 0.2) is 0 Å². The van der Waals surface area contributed by atoms with Crippen molar-refractivity contribution in [2.45, 2.75) is 65.5 Å². The van der Waals surface area contributed by atoms with Gasteiger partial charge in [0, 0.05) is 25.0 Å². The predicted molar refractivity (Wildman–Crippen MR) is 74.5 cm³/mol. The molecule has 2 rings (SSSR count). The van der Waals surface area contributed by atoms with Gasteiger partial charge in [-0.25, -0.2) is 0 Å². The van der Waals surface area contributed by atoms with Crippen molar-refractivity contribution < 1.29 is 9.59 Å². The van der Waals surface area contributed by atoms with Crippen LogP contribution in [0, 0.1) is 11.3 Å². The molecule has 4 heteroatoms. The monoisotopic (exact) mass is 266 g/mol. The van der Waals surface area contributed by atoms with Gasteiger partial charge in [0.1, 0.15) is 0 Å². The molecule has 0 aromatic rings. The number of amides is 2. The van der Waals surface area contributed by atoms with Crippen molar-refractivity contribution in [3.63, 3.8) is 0 Å². The molecule has 1 aliphatic carbocycles. The highest BCUT2D eigenvalue weighted by Crippen LogP contribution is 2.37. The maximum Gasteiger partial charge on any atom is 0.225 e. The van der Waals surface area contributed by atoms with E-state index in [2.05, 4.69) is 19.2 Å². The highest BCUT2D eigenvalue weighted by atomic mass is 16.2. The van der Waals surface area contributed by atoms with Gasteiger partial charge in [-0.15, -0.1) is 0 Å². The minimum atomic E-state index is -0.154. The summed E-state index contributed by atoms with van der Waals surface area (Å²) in [5.74, 6) is 0.0275. The third-order valence-corrected chi connectivity index (χ3v) is 4.47. The summed E-state index contributed by atoms with van der Waals surface area (Å²) >= 11 is 0. The molecule has 2 amide bonds. The standard InChI is InChI=1S/C15H26N2O2/c1-10(2)17-9-11(7-13(17)18)14(19)16-12-5-6-15(3,4)8-12/h10-12H,5-9H2,1-4H3,(H,16,19). The Kier molecular flexibility index (Phi) is 3.88. The van der Waals surface area contributed by atoms with Gasteiger partial charge in [-0.3, -0.25) is 9.59 Å². The normalized spacial score (nSPS) is 30.2. The molecule has 1 saturated carbocycles. The molecule has 0 aromatic carbocycles. The molecular formula is C15H26N2O2. The molecule has 0 bridgehead atoms. The maximum atomic E-state index is 12.2. The number of rotatable bonds is 3. The van der Waals surface area contributed by atoms with Gasteiger partial charge in [-0.05, 0) is 38.5 Å². The highest BCUT2D eigenvalue weighted by molar-refractivity contribution is 5.89. The molecule has 1 N–H and O–H groups in total. The summed E-state index contributed by atoms with van der Waals surface area (Å²) in [5.41, 5.74) is 0.341. The average molecular weight is 266 g/mol. The molecule has 2 fully saturated rings. The van der Waals surface area contributed by atoms with E-state index in [1.54, 1.807) is 0 Å². The van der Waals surface area contributed by atoms with E-state index in [4.69, 9.17) is 0 Å². The summed E-state index contributed by atoms with van der Waals surface area (Å²) in [6, 6.07) is 0.487.